The number of pyridine rings is 1. The predicted octanol–water partition coefficient (Wildman–Crippen LogP) is 2.62. The van der Waals surface area contributed by atoms with Gasteiger partial charge in [0.1, 0.15) is 0 Å². The van der Waals surface area contributed by atoms with E-state index in [1.54, 1.807) is 20.4 Å². The van der Waals surface area contributed by atoms with Crippen molar-refractivity contribution >= 4 is 29.9 Å². The van der Waals surface area contributed by atoms with Gasteiger partial charge in [-0.15, -0.1) is 0 Å². The number of methoxy groups -OCH3 is 2. The fourth-order valence-electron chi connectivity index (χ4n) is 3.67. The molecule has 0 amide bonds. The molecule has 27 heavy (non-hydrogen) atoms. The standard InChI is InChI=1S/C18H26N3O5P/c1-25-16-9-13-15(10-17(16)26-2)20-11-14(19)18(13)21-6-3-12(4-7-21)5-8-27(22,23)24/h9-12H,3-8,19H2,1-2H3,(H2,22,23,24). The van der Waals surface area contributed by atoms with Gasteiger partial charge in [0, 0.05) is 24.5 Å². The van der Waals surface area contributed by atoms with Gasteiger partial charge in [-0.05, 0) is 31.2 Å². The molecule has 4 N–H and O–H groups in total. The van der Waals surface area contributed by atoms with Gasteiger partial charge in [-0.1, -0.05) is 0 Å². The molecule has 0 saturated carbocycles. The number of hydrogen-bond donors (Lipinski definition) is 3. The van der Waals surface area contributed by atoms with Gasteiger partial charge in [0.15, 0.2) is 11.5 Å². The Morgan fingerprint density at radius 3 is 2.44 bits per heavy atom. The number of fused-ring (bicyclic) bond motifs is 1. The summed E-state index contributed by atoms with van der Waals surface area (Å²) >= 11 is 0. The van der Waals surface area contributed by atoms with Crippen molar-refractivity contribution in [3.63, 3.8) is 0 Å². The van der Waals surface area contributed by atoms with Gasteiger partial charge < -0.3 is 29.9 Å². The van der Waals surface area contributed by atoms with Gasteiger partial charge in [0.05, 0.1) is 43.5 Å². The maximum Gasteiger partial charge on any atom is 0.325 e. The monoisotopic (exact) mass is 395 g/mol. The molecule has 8 nitrogen and oxygen atoms in total. The quantitative estimate of drug-likeness (QED) is 0.639. The van der Waals surface area contributed by atoms with Crippen molar-refractivity contribution in [2.75, 3.05) is 44.1 Å². The molecular weight excluding hydrogens is 369 g/mol. The van der Waals surface area contributed by atoms with Crippen LogP contribution in [0.25, 0.3) is 10.9 Å². The second-order valence-corrected chi connectivity index (χ2v) is 8.67. The van der Waals surface area contributed by atoms with Crippen LogP contribution in [0.2, 0.25) is 0 Å². The van der Waals surface area contributed by atoms with Crippen LogP contribution in [0.1, 0.15) is 19.3 Å². The molecule has 1 aliphatic heterocycles. The summed E-state index contributed by atoms with van der Waals surface area (Å²) < 4.78 is 21.9. The molecule has 1 aromatic carbocycles. The van der Waals surface area contributed by atoms with E-state index in [1.807, 2.05) is 12.1 Å². The van der Waals surface area contributed by atoms with Crippen LogP contribution < -0.4 is 20.1 Å². The number of anilines is 2. The summed E-state index contributed by atoms with van der Waals surface area (Å²) in [5.74, 6) is 1.55. The van der Waals surface area contributed by atoms with Gasteiger partial charge in [-0.25, -0.2) is 0 Å². The van der Waals surface area contributed by atoms with Gasteiger partial charge >= 0.3 is 7.60 Å². The zero-order valence-corrected chi connectivity index (χ0v) is 16.5. The molecule has 1 aromatic heterocycles. The number of aromatic nitrogens is 1. The molecular formula is C18H26N3O5P. The van der Waals surface area contributed by atoms with Crippen molar-refractivity contribution < 1.29 is 23.8 Å². The average molecular weight is 395 g/mol. The fourth-order valence-corrected chi connectivity index (χ4v) is 4.37. The van der Waals surface area contributed by atoms with E-state index in [1.165, 1.54) is 0 Å². The van der Waals surface area contributed by atoms with E-state index in [0.29, 0.717) is 29.5 Å². The highest BCUT2D eigenvalue weighted by Crippen LogP contribution is 2.41. The molecule has 1 fully saturated rings. The second kappa shape index (κ2) is 7.92. The van der Waals surface area contributed by atoms with Crippen LogP contribution in [0, 0.1) is 5.92 Å². The van der Waals surface area contributed by atoms with Crippen molar-refractivity contribution in [1.82, 2.24) is 4.98 Å². The Bertz CT molecular complexity index is 862. The first-order valence-corrected chi connectivity index (χ1v) is 10.7. The molecule has 0 atom stereocenters. The Labute approximate surface area is 158 Å². The van der Waals surface area contributed by atoms with E-state index < -0.39 is 7.60 Å². The zero-order chi connectivity index (χ0) is 19.6. The van der Waals surface area contributed by atoms with Crippen molar-refractivity contribution in [2.24, 2.45) is 5.92 Å². The number of nitrogens with two attached hydrogens (primary N) is 1. The smallest absolute Gasteiger partial charge is 0.325 e. The second-order valence-electron chi connectivity index (χ2n) is 6.89. The summed E-state index contributed by atoms with van der Waals surface area (Å²) in [5, 5.41) is 0.904. The average Bonchev–Trinajstić information content (AvgIpc) is 2.65. The molecule has 9 heteroatoms. The van der Waals surface area contributed by atoms with E-state index >= 15 is 0 Å². The molecule has 0 unspecified atom stereocenters. The first kappa shape index (κ1) is 19.7. The zero-order valence-electron chi connectivity index (χ0n) is 15.6. The molecule has 0 spiro atoms. The predicted molar refractivity (Wildman–Crippen MR) is 106 cm³/mol. The van der Waals surface area contributed by atoms with E-state index in [9.17, 15) is 4.57 Å². The number of nitrogens with zero attached hydrogens (tertiary/aromatic N) is 2. The third-order valence-corrected chi connectivity index (χ3v) is 5.97. The van der Waals surface area contributed by atoms with Gasteiger partial charge in [0.2, 0.25) is 0 Å². The van der Waals surface area contributed by atoms with Crippen molar-refractivity contribution in [1.29, 1.82) is 0 Å². The van der Waals surface area contributed by atoms with Crippen molar-refractivity contribution in [2.45, 2.75) is 19.3 Å². The minimum absolute atomic E-state index is 0.0466. The lowest BCUT2D eigenvalue weighted by Gasteiger charge is -2.35. The summed E-state index contributed by atoms with van der Waals surface area (Å²) in [6, 6.07) is 3.73. The van der Waals surface area contributed by atoms with E-state index in [2.05, 4.69) is 9.88 Å². The molecule has 1 aliphatic rings. The number of rotatable bonds is 6. The van der Waals surface area contributed by atoms with Crippen LogP contribution in [0.3, 0.4) is 0 Å². The van der Waals surface area contributed by atoms with Gasteiger partial charge in [0.25, 0.3) is 0 Å². The van der Waals surface area contributed by atoms with Gasteiger partial charge in [-0.2, -0.15) is 0 Å². The van der Waals surface area contributed by atoms with Crippen LogP contribution in [0.15, 0.2) is 18.3 Å². The molecule has 148 valence electrons. The Balaban J connectivity index is 1.84. The lowest BCUT2D eigenvalue weighted by Crippen LogP contribution is -2.34. The molecule has 0 radical (unpaired) electrons. The summed E-state index contributed by atoms with van der Waals surface area (Å²) in [6.45, 7) is 1.56. The highest BCUT2D eigenvalue weighted by atomic mass is 31.2. The van der Waals surface area contributed by atoms with Crippen molar-refractivity contribution in [3.05, 3.63) is 18.3 Å². The Hall–Kier alpha value is -2.02. The largest absolute Gasteiger partial charge is 0.493 e. The van der Waals surface area contributed by atoms with E-state index in [0.717, 1.165) is 42.5 Å². The maximum atomic E-state index is 11.1. The third-order valence-electron chi connectivity index (χ3n) is 5.13. The molecule has 0 bridgehead atoms. The number of nitrogen functional groups attached to an aromatic ring is 1. The SMILES string of the molecule is COc1cc2ncc(N)c(N3CCC(CCP(=O)(O)O)CC3)c2cc1OC. The highest BCUT2D eigenvalue weighted by molar-refractivity contribution is 7.51. The molecule has 0 aliphatic carbocycles. The van der Waals surface area contributed by atoms with Crippen LogP contribution in [0.5, 0.6) is 11.5 Å². The number of hydrogen-bond acceptors (Lipinski definition) is 6. The first-order chi connectivity index (χ1) is 12.8. The number of ether oxygens (including phenoxy) is 2. The van der Waals surface area contributed by atoms with E-state index in [-0.39, 0.29) is 6.16 Å². The lowest BCUT2D eigenvalue weighted by atomic mass is 9.93. The van der Waals surface area contributed by atoms with Crippen LogP contribution in [0.4, 0.5) is 11.4 Å². The van der Waals surface area contributed by atoms with Crippen LogP contribution in [-0.2, 0) is 4.57 Å². The Morgan fingerprint density at radius 2 is 1.85 bits per heavy atom. The topological polar surface area (TPSA) is 118 Å². The first-order valence-electron chi connectivity index (χ1n) is 8.92. The van der Waals surface area contributed by atoms with E-state index in [4.69, 9.17) is 25.0 Å². The number of piperidine rings is 1. The summed E-state index contributed by atoms with van der Waals surface area (Å²) in [6.07, 6.45) is 3.90. The highest BCUT2D eigenvalue weighted by Gasteiger charge is 2.25. The maximum absolute atomic E-state index is 11.1. The normalized spacial score (nSPS) is 15.9. The Morgan fingerprint density at radius 1 is 1.22 bits per heavy atom. The van der Waals surface area contributed by atoms with Crippen molar-refractivity contribution in [3.8, 4) is 11.5 Å². The summed E-state index contributed by atoms with van der Waals surface area (Å²) in [5.41, 5.74) is 8.55. The fraction of sp³-hybridized carbons (Fsp3) is 0.500. The Kier molecular flexibility index (Phi) is 5.79. The van der Waals surface area contributed by atoms with Crippen LogP contribution >= 0.6 is 7.60 Å². The minimum atomic E-state index is -3.93. The molecule has 3 rings (SSSR count). The van der Waals surface area contributed by atoms with Gasteiger partial charge in [-0.3, -0.25) is 9.55 Å². The van der Waals surface area contributed by atoms with Crippen LogP contribution in [-0.4, -0.2) is 48.2 Å². The summed E-state index contributed by atoms with van der Waals surface area (Å²) in [4.78, 5) is 24.8. The third kappa shape index (κ3) is 4.46. The molecule has 2 heterocycles. The molecule has 2 aromatic rings. The number of benzene rings is 1. The minimum Gasteiger partial charge on any atom is -0.493 e. The summed E-state index contributed by atoms with van der Waals surface area (Å²) in [7, 11) is -0.750. The molecule has 1 saturated heterocycles. The lowest BCUT2D eigenvalue weighted by molar-refractivity contribution is 0.350.